The van der Waals surface area contributed by atoms with Crippen LogP contribution in [0.2, 0.25) is 0 Å². The van der Waals surface area contributed by atoms with Crippen LogP contribution in [-0.2, 0) is 11.2 Å². The largest absolute Gasteiger partial charge is 0.354 e. The quantitative estimate of drug-likeness (QED) is 0.824. The van der Waals surface area contributed by atoms with Crippen LogP contribution < -0.4 is 11.1 Å². The van der Waals surface area contributed by atoms with E-state index < -0.39 is 5.54 Å². The van der Waals surface area contributed by atoms with Crippen molar-refractivity contribution in [1.29, 1.82) is 0 Å². The molecule has 1 atom stereocenters. The maximum Gasteiger partial charge on any atom is 0.239 e. The van der Waals surface area contributed by atoms with Gasteiger partial charge in [-0.15, -0.1) is 23.7 Å². The van der Waals surface area contributed by atoms with E-state index in [0.29, 0.717) is 13.0 Å². The first-order valence-electron chi connectivity index (χ1n) is 5.77. The molecule has 3 nitrogen and oxygen atoms in total. The van der Waals surface area contributed by atoms with Crippen molar-refractivity contribution in [3.05, 3.63) is 20.8 Å². The topological polar surface area (TPSA) is 55.1 Å². The predicted octanol–water partition coefficient (Wildman–Crippen LogP) is 3.11. The normalized spacial score (nSPS) is 13.6. The highest BCUT2D eigenvalue weighted by molar-refractivity contribution is 9.11. The molecule has 1 aromatic heterocycles. The fraction of sp³-hybridized carbons (Fsp3) is 0.583. The van der Waals surface area contributed by atoms with Gasteiger partial charge in [0.15, 0.2) is 0 Å². The fourth-order valence-corrected chi connectivity index (χ4v) is 3.10. The Morgan fingerprint density at radius 2 is 2.22 bits per heavy atom. The SMILES string of the molecule is CCCC(C)(N)C(=O)NCCc1ccc(Br)s1.Cl. The number of carbonyl (C=O) groups excluding carboxylic acids is 1. The van der Waals surface area contributed by atoms with Crippen LogP contribution >= 0.6 is 39.7 Å². The second-order valence-electron chi connectivity index (χ2n) is 4.38. The summed E-state index contributed by atoms with van der Waals surface area (Å²) in [4.78, 5) is 13.1. The lowest BCUT2D eigenvalue weighted by molar-refractivity contribution is -0.126. The second-order valence-corrected chi connectivity index (χ2v) is 6.93. The molecule has 0 radical (unpaired) electrons. The summed E-state index contributed by atoms with van der Waals surface area (Å²) in [5.74, 6) is -0.0602. The molecule has 0 aliphatic heterocycles. The van der Waals surface area contributed by atoms with Crippen molar-refractivity contribution in [3.8, 4) is 0 Å². The third kappa shape index (κ3) is 5.69. The number of hydrogen-bond donors (Lipinski definition) is 2. The molecule has 1 heterocycles. The van der Waals surface area contributed by atoms with Crippen molar-refractivity contribution < 1.29 is 4.79 Å². The first kappa shape index (κ1) is 17.9. The lowest BCUT2D eigenvalue weighted by Crippen LogP contribution is -2.51. The summed E-state index contributed by atoms with van der Waals surface area (Å²) in [7, 11) is 0. The Balaban J connectivity index is 0.00000289. The Morgan fingerprint density at radius 3 is 2.72 bits per heavy atom. The molecule has 1 amide bonds. The van der Waals surface area contributed by atoms with Gasteiger partial charge in [-0.3, -0.25) is 4.79 Å². The standard InChI is InChI=1S/C12H19BrN2OS.ClH/c1-3-7-12(2,14)11(16)15-8-6-9-4-5-10(13)17-9;/h4-5H,3,6-8,14H2,1-2H3,(H,15,16);1H. The monoisotopic (exact) mass is 354 g/mol. The van der Waals surface area contributed by atoms with Crippen molar-refractivity contribution in [2.24, 2.45) is 5.73 Å². The Kier molecular flexibility index (Phi) is 8.10. The van der Waals surface area contributed by atoms with E-state index in [1.807, 2.05) is 13.0 Å². The number of carbonyl (C=O) groups is 1. The van der Waals surface area contributed by atoms with Gasteiger partial charge in [0.25, 0.3) is 0 Å². The lowest BCUT2D eigenvalue weighted by Gasteiger charge is -2.22. The molecule has 3 N–H and O–H groups in total. The molecule has 0 bridgehead atoms. The van der Waals surface area contributed by atoms with Crippen molar-refractivity contribution in [2.75, 3.05) is 6.54 Å². The van der Waals surface area contributed by atoms with E-state index >= 15 is 0 Å². The first-order chi connectivity index (χ1) is 7.95. The van der Waals surface area contributed by atoms with Crippen molar-refractivity contribution in [2.45, 2.75) is 38.6 Å². The van der Waals surface area contributed by atoms with Gasteiger partial charge < -0.3 is 11.1 Å². The minimum atomic E-state index is -0.745. The number of rotatable bonds is 6. The molecule has 0 saturated carbocycles. The molecule has 1 rings (SSSR count). The molecule has 0 spiro atoms. The highest BCUT2D eigenvalue weighted by atomic mass is 79.9. The highest BCUT2D eigenvalue weighted by Gasteiger charge is 2.26. The second kappa shape index (κ2) is 8.15. The molecule has 6 heteroatoms. The van der Waals surface area contributed by atoms with Gasteiger partial charge in [-0.2, -0.15) is 0 Å². The zero-order chi connectivity index (χ0) is 12.9. The third-order valence-corrected chi connectivity index (χ3v) is 4.26. The van der Waals surface area contributed by atoms with E-state index in [0.717, 1.165) is 16.6 Å². The van der Waals surface area contributed by atoms with E-state index in [9.17, 15) is 4.79 Å². The molecule has 0 saturated heterocycles. The van der Waals surface area contributed by atoms with Gasteiger partial charge in [0, 0.05) is 11.4 Å². The van der Waals surface area contributed by atoms with Gasteiger partial charge >= 0.3 is 0 Å². The number of hydrogen-bond acceptors (Lipinski definition) is 3. The van der Waals surface area contributed by atoms with Crippen LogP contribution in [0.3, 0.4) is 0 Å². The molecule has 0 aliphatic carbocycles. The summed E-state index contributed by atoms with van der Waals surface area (Å²) in [6.45, 7) is 4.46. The van der Waals surface area contributed by atoms with Crippen LogP contribution in [0.4, 0.5) is 0 Å². The lowest BCUT2D eigenvalue weighted by atomic mass is 9.96. The maximum atomic E-state index is 11.8. The zero-order valence-electron chi connectivity index (χ0n) is 10.7. The Labute approximate surface area is 127 Å². The number of halogens is 2. The molecule has 0 aromatic carbocycles. The van der Waals surface area contributed by atoms with Crippen LogP contribution in [0, 0.1) is 0 Å². The maximum absolute atomic E-state index is 11.8. The first-order valence-corrected chi connectivity index (χ1v) is 7.38. The minimum absolute atomic E-state index is 0. The average Bonchev–Trinajstić information content (AvgIpc) is 2.64. The van der Waals surface area contributed by atoms with E-state index in [2.05, 4.69) is 27.3 Å². The van der Waals surface area contributed by atoms with Crippen LogP contribution in [0.15, 0.2) is 15.9 Å². The van der Waals surface area contributed by atoms with E-state index in [1.54, 1.807) is 18.3 Å². The van der Waals surface area contributed by atoms with Gasteiger partial charge in [0.2, 0.25) is 5.91 Å². The van der Waals surface area contributed by atoms with Gasteiger partial charge in [-0.1, -0.05) is 13.3 Å². The Bertz CT molecular complexity index is 382. The molecule has 104 valence electrons. The number of thiophene rings is 1. The minimum Gasteiger partial charge on any atom is -0.354 e. The van der Waals surface area contributed by atoms with Gasteiger partial charge in [-0.05, 0) is 47.8 Å². The number of nitrogens with one attached hydrogen (secondary N) is 1. The van der Waals surface area contributed by atoms with Gasteiger partial charge in [-0.25, -0.2) is 0 Å². The summed E-state index contributed by atoms with van der Waals surface area (Å²) in [5, 5.41) is 2.89. The van der Waals surface area contributed by atoms with Crippen LogP contribution in [0.25, 0.3) is 0 Å². The van der Waals surface area contributed by atoms with E-state index in [-0.39, 0.29) is 18.3 Å². The van der Waals surface area contributed by atoms with Crippen LogP contribution in [0.5, 0.6) is 0 Å². The Hall–Kier alpha value is -0.100. The molecule has 18 heavy (non-hydrogen) atoms. The number of nitrogens with two attached hydrogens (primary N) is 1. The van der Waals surface area contributed by atoms with Crippen molar-refractivity contribution in [3.63, 3.8) is 0 Å². The van der Waals surface area contributed by atoms with Gasteiger partial charge in [0.1, 0.15) is 0 Å². The van der Waals surface area contributed by atoms with E-state index in [4.69, 9.17) is 5.73 Å². The highest BCUT2D eigenvalue weighted by Crippen LogP contribution is 2.22. The number of amides is 1. The predicted molar refractivity (Wildman–Crippen MR) is 83.5 cm³/mol. The van der Waals surface area contributed by atoms with Crippen molar-refractivity contribution >= 4 is 45.6 Å². The van der Waals surface area contributed by atoms with E-state index in [1.165, 1.54) is 4.88 Å². The molecule has 0 aliphatic rings. The summed E-state index contributed by atoms with van der Waals surface area (Å²) in [6, 6.07) is 4.08. The third-order valence-electron chi connectivity index (χ3n) is 2.57. The molecule has 0 fully saturated rings. The van der Waals surface area contributed by atoms with Crippen LogP contribution in [-0.4, -0.2) is 18.0 Å². The molecule has 1 unspecified atom stereocenters. The fourth-order valence-electron chi connectivity index (χ4n) is 1.62. The summed E-state index contributed by atoms with van der Waals surface area (Å²) in [5.41, 5.74) is 5.19. The van der Waals surface area contributed by atoms with Crippen molar-refractivity contribution in [1.82, 2.24) is 5.32 Å². The molecule has 1 aromatic rings. The van der Waals surface area contributed by atoms with Crippen LogP contribution in [0.1, 0.15) is 31.6 Å². The summed E-state index contributed by atoms with van der Waals surface area (Å²) in [6.07, 6.45) is 2.48. The Morgan fingerprint density at radius 1 is 1.56 bits per heavy atom. The van der Waals surface area contributed by atoms with Gasteiger partial charge in [0.05, 0.1) is 9.33 Å². The smallest absolute Gasteiger partial charge is 0.239 e. The molecular formula is C12H20BrClN2OS. The molecular weight excluding hydrogens is 336 g/mol. The zero-order valence-corrected chi connectivity index (χ0v) is 13.9. The average molecular weight is 356 g/mol. The summed E-state index contributed by atoms with van der Waals surface area (Å²) >= 11 is 5.11. The summed E-state index contributed by atoms with van der Waals surface area (Å²) < 4.78 is 1.12.